The number of hydrogen-bond acceptors (Lipinski definition) is 3. The van der Waals surface area contributed by atoms with Crippen LogP contribution in [0.15, 0.2) is 58.1 Å². The number of amides is 1. The van der Waals surface area contributed by atoms with Gasteiger partial charge >= 0.3 is 0 Å². The van der Waals surface area contributed by atoms with E-state index < -0.39 is 0 Å². The molecule has 1 amide bonds. The number of hydrogen-bond donors (Lipinski definition) is 1. The molecule has 5 nitrogen and oxygen atoms in total. The zero-order valence-electron chi connectivity index (χ0n) is 17.7. The lowest BCUT2D eigenvalue weighted by atomic mass is 10.1. The number of carbonyl (C=O) groups excluding carboxylic acids is 1. The topological polar surface area (TPSA) is 55.6 Å². The van der Waals surface area contributed by atoms with E-state index in [0.717, 1.165) is 27.8 Å². The fourth-order valence-electron chi connectivity index (χ4n) is 3.47. The third-order valence-electron chi connectivity index (χ3n) is 4.97. The Morgan fingerprint density at radius 1 is 1.17 bits per heavy atom. The molecule has 0 radical (unpaired) electrons. The summed E-state index contributed by atoms with van der Waals surface area (Å²) in [6, 6.07) is 15.8. The predicted molar refractivity (Wildman–Crippen MR) is 125 cm³/mol. The van der Waals surface area contributed by atoms with Crippen molar-refractivity contribution in [1.29, 1.82) is 0 Å². The van der Waals surface area contributed by atoms with Gasteiger partial charge in [0.2, 0.25) is 0 Å². The number of halogens is 1. The molecule has 156 valence electrons. The molecule has 30 heavy (non-hydrogen) atoms. The molecule has 0 aliphatic heterocycles. The first kappa shape index (κ1) is 21.8. The van der Waals surface area contributed by atoms with Crippen LogP contribution in [0.1, 0.15) is 35.0 Å². The Labute approximate surface area is 185 Å². The monoisotopic (exact) mass is 467 g/mol. The molecule has 1 heterocycles. The van der Waals surface area contributed by atoms with E-state index in [1.165, 1.54) is 16.8 Å². The van der Waals surface area contributed by atoms with E-state index in [2.05, 4.69) is 83.0 Å². The minimum absolute atomic E-state index is 0.0962. The van der Waals surface area contributed by atoms with Crippen LogP contribution >= 0.6 is 15.9 Å². The highest BCUT2D eigenvalue weighted by Gasteiger charge is 2.14. The summed E-state index contributed by atoms with van der Waals surface area (Å²) in [5.74, 6) is 0.320. The highest BCUT2D eigenvalue weighted by Crippen LogP contribution is 2.26. The Bertz CT molecular complexity index is 1070. The predicted octanol–water partition coefficient (Wildman–Crippen LogP) is 5.26. The van der Waals surface area contributed by atoms with Crippen molar-refractivity contribution in [2.45, 2.75) is 34.1 Å². The van der Waals surface area contributed by atoms with Crippen molar-refractivity contribution in [2.75, 3.05) is 6.61 Å². The number of ether oxygens (including phenoxy) is 1. The summed E-state index contributed by atoms with van der Waals surface area (Å²) in [5.41, 5.74) is 9.47. The molecule has 0 atom stereocenters. The number of nitrogens with one attached hydrogen (secondary N) is 1. The van der Waals surface area contributed by atoms with Crippen LogP contribution < -0.4 is 10.2 Å². The second-order valence-corrected chi connectivity index (χ2v) is 8.05. The molecule has 6 heteroatoms. The molecule has 0 saturated heterocycles. The second-order valence-electron chi connectivity index (χ2n) is 7.13. The Kier molecular flexibility index (Phi) is 7.11. The lowest BCUT2D eigenvalue weighted by molar-refractivity contribution is -0.123. The van der Waals surface area contributed by atoms with Crippen LogP contribution in [0.5, 0.6) is 5.75 Å². The molecule has 0 bridgehead atoms. The van der Waals surface area contributed by atoms with Gasteiger partial charge in [-0.05, 0) is 68.7 Å². The Morgan fingerprint density at radius 3 is 2.60 bits per heavy atom. The van der Waals surface area contributed by atoms with Crippen molar-refractivity contribution < 1.29 is 9.53 Å². The summed E-state index contributed by atoms with van der Waals surface area (Å²) in [4.78, 5) is 12.0. The maximum absolute atomic E-state index is 12.0. The van der Waals surface area contributed by atoms with Crippen LogP contribution in [0.3, 0.4) is 0 Å². The van der Waals surface area contributed by atoms with Crippen LogP contribution in [0.2, 0.25) is 0 Å². The summed E-state index contributed by atoms with van der Waals surface area (Å²) in [7, 11) is 0. The summed E-state index contributed by atoms with van der Waals surface area (Å²) in [5, 5.41) is 4.12. The fraction of sp³-hybridized carbons (Fsp3) is 0.250. The van der Waals surface area contributed by atoms with Crippen LogP contribution in [0, 0.1) is 20.8 Å². The molecule has 0 aliphatic rings. The molecule has 2 aromatic carbocycles. The van der Waals surface area contributed by atoms with Crippen molar-refractivity contribution >= 4 is 28.1 Å². The molecule has 0 aliphatic carbocycles. The minimum atomic E-state index is -0.310. The highest BCUT2D eigenvalue weighted by atomic mass is 79.9. The van der Waals surface area contributed by atoms with Gasteiger partial charge in [0.05, 0.1) is 11.9 Å². The quantitative estimate of drug-likeness (QED) is 0.380. The van der Waals surface area contributed by atoms with Gasteiger partial charge in [0.15, 0.2) is 6.61 Å². The summed E-state index contributed by atoms with van der Waals surface area (Å²) in [6.07, 6.45) is 2.65. The van der Waals surface area contributed by atoms with Gasteiger partial charge < -0.3 is 9.30 Å². The number of para-hydroxylation sites is 1. The van der Waals surface area contributed by atoms with Gasteiger partial charge in [-0.3, -0.25) is 4.79 Å². The van der Waals surface area contributed by atoms with E-state index in [1.807, 2.05) is 12.1 Å². The van der Waals surface area contributed by atoms with Crippen molar-refractivity contribution in [3.8, 4) is 11.4 Å². The zero-order valence-corrected chi connectivity index (χ0v) is 19.3. The van der Waals surface area contributed by atoms with Crippen LogP contribution in [0.4, 0.5) is 0 Å². The van der Waals surface area contributed by atoms with Crippen molar-refractivity contribution in [3.05, 3.63) is 81.1 Å². The SMILES string of the molecule is CCc1cccc(C)c1-n1c(C)cc(/C=N\NC(=O)COc2ccc(Br)cc2)c1C. The van der Waals surface area contributed by atoms with Gasteiger partial charge in [-0.25, -0.2) is 5.43 Å². The van der Waals surface area contributed by atoms with E-state index in [9.17, 15) is 4.79 Å². The van der Waals surface area contributed by atoms with E-state index >= 15 is 0 Å². The Balaban J connectivity index is 1.69. The second kappa shape index (κ2) is 9.76. The minimum Gasteiger partial charge on any atom is -0.484 e. The maximum Gasteiger partial charge on any atom is 0.277 e. The summed E-state index contributed by atoms with van der Waals surface area (Å²) >= 11 is 3.37. The average molecular weight is 468 g/mol. The van der Waals surface area contributed by atoms with Crippen LogP contribution in [0.25, 0.3) is 5.69 Å². The Morgan fingerprint density at radius 2 is 1.90 bits per heavy atom. The van der Waals surface area contributed by atoms with Crippen molar-refractivity contribution in [1.82, 2.24) is 9.99 Å². The lowest BCUT2D eigenvalue weighted by Gasteiger charge is -2.17. The molecule has 1 aromatic heterocycles. The third kappa shape index (κ3) is 5.00. The van der Waals surface area contributed by atoms with E-state index in [-0.39, 0.29) is 12.5 Å². The van der Waals surface area contributed by atoms with Gasteiger partial charge in [-0.2, -0.15) is 5.10 Å². The zero-order chi connectivity index (χ0) is 21.7. The number of rotatable bonds is 7. The molecule has 0 fully saturated rings. The standard InChI is InChI=1S/C24H26BrN3O2/c1-5-19-8-6-7-16(2)24(19)28-17(3)13-20(18(28)4)14-26-27-23(29)15-30-22-11-9-21(25)10-12-22/h6-14H,5,15H2,1-4H3,(H,27,29)/b26-14-. The first-order chi connectivity index (χ1) is 14.4. The molecular formula is C24H26BrN3O2. The third-order valence-corrected chi connectivity index (χ3v) is 5.50. The number of aryl methyl sites for hydroxylation is 3. The van der Waals surface area contributed by atoms with Gasteiger partial charge in [0.1, 0.15) is 5.75 Å². The Hall–Kier alpha value is -2.86. The van der Waals surface area contributed by atoms with E-state index in [0.29, 0.717) is 5.75 Å². The summed E-state index contributed by atoms with van der Waals surface area (Å²) < 4.78 is 8.67. The molecule has 1 N–H and O–H groups in total. The van der Waals surface area contributed by atoms with Gasteiger partial charge in [-0.15, -0.1) is 0 Å². The number of benzene rings is 2. The van der Waals surface area contributed by atoms with Crippen LogP contribution in [-0.4, -0.2) is 23.3 Å². The fourth-order valence-corrected chi connectivity index (χ4v) is 3.74. The lowest BCUT2D eigenvalue weighted by Crippen LogP contribution is -2.24. The molecule has 3 aromatic rings. The number of hydrazone groups is 1. The molecule has 0 saturated carbocycles. The smallest absolute Gasteiger partial charge is 0.277 e. The van der Waals surface area contributed by atoms with Crippen molar-refractivity contribution in [2.24, 2.45) is 5.10 Å². The first-order valence-corrected chi connectivity index (χ1v) is 10.7. The molecule has 0 spiro atoms. The van der Waals surface area contributed by atoms with Crippen LogP contribution in [-0.2, 0) is 11.2 Å². The normalized spacial score (nSPS) is 11.1. The molecule has 3 rings (SSSR count). The molecular weight excluding hydrogens is 442 g/mol. The van der Waals surface area contributed by atoms with Gasteiger partial charge in [0, 0.05) is 21.4 Å². The first-order valence-electron chi connectivity index (χ1n) is 9.88. The summed E-state index contributed by atoms with van der Waals surface area (Å²) in [6.45, 7) is 8.36. The number of nitrogens with zero attached hydrogens (tertiary/aromatic N) is 2. The average Bonchev–Trinajstić information content (AvgIpc) is 3.00. The largest absolute Gasteiger partial charge is 0.484 e. The van der Waals surface area contributed by atoms with E-state index in [4.69, 9.17) is 4.74 Å². The van der Waals surface area contributed by atoms with E-state index in [1.54, 1.807) is 18.3 Å². The highest BCUT2D eigenvalue weighted by molar-refractivity contribution is 9.10. The molecule has 0 unspecified atom stereocenters. The number of aromatic nitrogens is 1. The van der Waals surface area contributed by atoms with Gasteiger partial charge in [-0.1, -0.05) is 41.1 Å². The van der Waals surface area contributed by atoms with Gasteiger partial charge in [0.25, 0.3) is 5.91 Å². The maximum atomic E-state index is 12.0. The van der Waals surface area contributed by atoms with Crippen molar-refractivity contribution in [3.63, 3.8) is 0 Å². The number of carbonyl (C=O) groups is 1.